The van der Waals surface area contributed by atoms with Crippen molar-refractivity contribution in [1.29, 1.82) is 0 Å². The molecule has 1 saturated heterocycles. The number of carbonyl (C=O) groups excluding carboxylic acids is 2. The van der Waals surface area contributed by atoms with Crippen molar-refractivity contribution in [2.45, 2.75) is 0 Å². The monoisotopic (exact) mass is 239 g/mol. The van der Waals surface area contributed by atoms with E-state index >= 15 is 0 Å². The number of hydrogen-bond acceptors (Lipinski definition) is 3. The summed E-state index contributed by atoms with van der Waals surface area (Å²) in [4.78, 5) is 24.3. The van der Waals surface area contributed by atoms with E-state index in [9.17, 15) is 9.59 Å². The second-order valence-corrected chi connectivity index (χ2v) is 3.85. The van der Waals surface area contributed by atoms with Crippen LogP contribution in [0.3, 0.4) is 0 Å². The number of Topliss-reactive ketones (excluding diaryl/α,β-unsaturated/α-hetero) is 1. The quantitative estimate of drug-likeness (QED) is 0.758. The molecule has 1 heterocycles. The summed E-state index contributed by atoms with van der Waals surface area (Å²) >= 11 is 5.89. The highest BCUT2D eigenvalue weighted by Gasteiger charge is 2.25. The maximum Gasteiger partial charge on any atom is 0.410 e. The third-order valence-electron chi connectivity index (χ3n) is 2.35. The molecule has 84 valence electrons. The Morgan fingerprint density at radius 3 is 2.81 bits per heavy atom. The Morgan fingerprint density at radius 2 is 2.19 bits per heavy atom. The molecular formula is C11H10ClNO3. The molecule has 1 aliphatic heterocycles. The van der Waals surface area contributed by atoms with Crippen molar-refractivity contribution in [3.8, 4) is 0 Å². The summed E-state index contributed by atoms with van der Waals surface area (Å²) in [5, 5.41) is 0.403. The number of amides is 1. The molecule has 0 atom stereocenters. The summed E-state index contributed by atoms with van der Waals surface area (Å²) in [7, 11) is 0. The van der Waals surface area contributed by atoms with Crippen molar-refractivity contribution in [3.05, 3.63) is 34.9 Å². The van der Waals surface area contributed by atoms with E-state index in [4.69, 9.17) is 16.3 Å². The normalized spacial score (nSPS) is 15.1. The molecule has 5 heteroatoms. The summed E-state index contributed by atoms with van der Waals surface area (Å²) in [6.45, 7) is 0.812. The van der Waals surface area contributed by atoms with Crippen LogP contribution in [0.2, 0.25) is 5.02 Å². The minimum absolute atomic E-state index is 0.0164. The zero-order valence-electron chi connectivity index (χ0n) is 8.48. The van der Waals surface area contributed by atoms with Gasteiger partial charge in [-0.05, 0) is 12.1 Å². The maximum atomic E-state index is 11.8. The number of nitrogens with zero attached hydrogens (tertiary/aromatic N) is 1. The smallest absolute Gasteiger partial charge is 0.410 e. The first-order valence-electron chi connectivity index (χ1n) is 4.88. The summed E-state index contributed by atoms with van der Waals surface area (Å²) in [6.07, 6.45) is -0.444. The van der Waals surface area contributed by atoms with Crippen LogP contribution in [-0.4, -0.2) is 36.5 Å². The molecule has 0 aromatic heterocycles. The van der Waals surface area contributed by atoms with Gasteiger partial charge >= 0.3 is 6.09 Å². The second-order valence-electron chi connectivity index (χ2n) is 3.44. The van der Waals surface area contributed by atoms with Crippen LogP contribution in [-0.2, 0) is 4.74 Å². The third kappa shape index (κ3) is 2.17. The van der Waals surface area contributed by atoms with Gasteiger partial charge in [-0.3, -0.25) is 9.69 Å². The Bertz CT molecular complexity index is 433. The highest BCUT2D eigenvalue weighted by Crippen LogP contribution is 2.16. The zero-order chi connectivity index (χ0) is 11.5. The standard InChI is InChI=1S/C11H10ClNO3/c12-9-4-2-1-3-8(9)10(14)7-13-5-6-16-11(13)15/h1-4H,5-7H2. The minimum atomic E-state index is -0.444. The fourth-order valence-corrected chi connectivity index (χ4v) is 1.76. The largest absolute Gasteiger partial charge is 0.448 e. The van der Waals surface area contributed by atoms with Gasteiger partial charge in [0.25, 0.3) is 0 Å². The molecule has 0 radical (unpaired) electrons. The SMILES string of the molecule is O=C(CN1CCOC1=O)c1ccccc1Cl. The van der Waals surface area contributed by atoms with Gasteiger partial charge in [-0.15, -0.1) is 0 Å². The van der Waals surface area contributed by atoms with Crippen LogP contribution in [0.5, 0.6) is 0 Å². The van der Waals surface area contributed by atoms with Crippen molar-refractivity contribution in [2.75, 3.05) is 19.7 Å². The molecule has 0 aliphatic carbocycles. The van der Waals surface area contributed by atoms with Crippen LogP contribution < -0.4 is 0 Å². The fraction of sp³-hybridized carbons (Fsp3) is 0.273. The zero-order valence-corrected chi connectivity index (χ0v) is 9.24. The van der Waals surface area contributed by atoms with Gasteiger partial charge < -0.3 is 4.74 Å². The Hall–Kier alpha value is -1.55. The molecule has 0 unspecified atom stereocenters. The van der Waals surface area contributed by atoms with E-state index in [1.807, 2.05) is 0 Å². The first-order chi connectivity index (χ1) is 7.68. The van der Waals surface area contributed by atoms with Crippen molar-refractivity contribution in [1.82, 2.24) is 4.90 Å². The summed E-state index contributed by atoms with van der Waals surface area (Å²) in [5.41, 5.74) is 0.434. The van der Waals surface area contributed by atoms with Gasteiger partial charge in [-0.2, -0.15) is 0 Å². The Labute approximate surface area is 97.7 Å². The number of ether oxygens (including phenoxy) is 1. The van der Waals surface area contributed by atoms with E-state index in [1.54, 1.807) is 24.3 Å². The molecule has 0 saturated carbocycles. The van der Waals surface area contributed by atoms with Crippen LogP contribution in [0.25, 0.3) is 0 Å². The topological polar surface area (TPSA) is 46.6 Å². The first-order valence-corrected chi connectivity index (χ1v) is 5.25. The Morgan fingerprint density at radius 1 is 1.44 bits per heavy atom. The lowest BCUT2D eigenvalue weighted by Crippen LogP contribution is -2.30. The number of benzene rings is 1. The highest BCUT2D eigenvalue weighted by atomic mass is 35.5. The van der Waals surface area contributed by atoms with Crippen molar-refractivity contribution in [3.63, 3.8) is 0 Å². The van der Waals surface area contributed by atoms with Crippen molar-refractivity contribution >= 4 is 23.5 Å². The summed E-state index contributed by atoms with van der Waals surface area (Å²) in [6, 6.07) is 6.79. The van der Waals surface area contributed by atoms with E-state index in [2.05, 4.69) is 0 Å². The van der Waals surface area contributed by atoms with Crippen molar-refractivity contribution < 1.29 is 14.3 Å². The average Bonchev–Trinajstić information content (AvgIpc) is 2.65. The Balaban J connectivity index is 2.09. The van der Waals surface area contributed by atoms with Crippen LogP contribution in [0.15, 0.2) is 24.3 Å². The number of carbonyl (C=O) groups is 2. The molecule has 0 spiro atoms. The molecule has 0 bridgehead atoms. The summed E-state index contributed by atoms with van der Waals surface area (Å²) < 4.78 is 4.73. The molecule has 16 heavy (non-hydrogen) atoms. The maximum absolute atomic E-state index is 11.8. The van der Waals surface area contributed by atoms with Crippen LogP contribution in [0.1, 0.15) is 10.4 Å². The minimum Gasteiger partial charge on any atom is -0.448 e. The number of rotatable bonds is 3. The van der Waals surface area contributed by atoms with Gasteiger partial charge in [0.15, 0.2) is 5.78 Å². The predicted octanol–water partition coefficient (Wildman–Crippen LogP) is 1.97. The molecule has 1 aromatic rings. The van der Waals surface area contributed by atoms with E-state index in [0.717, 1.165) is 0 Å². The lowest BCUT2D eigenvalue weighted by atomic mass is 10.1. The van der Waals surface area contributed by atoms with Gasteiger partial charge in [0, 0.05) is 5.56 Å². The van der Waals surface area contributed by atoms with Crippen molar-refractivity contribution in [2.24, 2.45) is 0 Å². The molecule has 0 N–H and O–H groups in total. The van der Waals surface area contributed by atoms with Gasteiger partial charge in [0.05, 0.1) is 18.1 Å². The van der Waals surface area contributed by atoms with Gasteiger partial charge in [0.2, 0.25) is 0 Å². The molecular weight excluding hydrogens is 230 g/mol. The number of cyclic esters (lactones) is 1. The Kier molecular flexibility index (Phi) is 3.10. The molecule has 1 aliphatic rings. The molecule has 1 fully saturated rings. The molecule has 1 aromatic carbocycles. The van der Waals surface area contributed by atoms with Gasteiger partial charge in [-0.25, -0.2) is 4.79 Å². The number of hydrogen-bond donors (Lipinski definition) is 0. The van der Waals surface area contributed by atoms with E-state index in [-0.39, 0.29) is 12.3 Å². The van der Waals surface area contributed by atoms with E-state index in [1.165, 1.54) is 4.90 Å². The second kappa shape index (κ2) is 4.53. The average molecular weight is 240 g/mol. The van der Waals surface area contributed by atoms with Crippen LogP contribution in [0.4, 0.5) is 4.79 Å². The summed E-state index contributed by atoms with van der Waals surface area (Å²) in [5.74, 6) is -0.176. The molecule has 2 rings (SSSR count). The van der Waals surface area contributed by atoms with E-state index in [0.29, 0.717) is 23.7 Å². The lowest BCUT2D eigenvalue weighted by molar-refractivity contribution is 0.0944. The highest BCUT2D eigenvalue weighted by molar-refractivity contribution is 6.34. The fourth-order valence-electron chi connectivity index (χ4n) is 1.52. The predicted molar refractivity (Wildman–Crippen MR) is 58.7 cm³/mol. The lowest BCUT2D eigenvalue weighted by Gasteiger charge is -2.11. The van der Waals surface area contributed by atoms with Crippen LogP contribution >= 0.6 is 11.6 Å². The van der Waals surface area contributed by atoms with Gasteiger partial charge in [0.1, 0.15) is 6.61 Å². The first kappa shape index (κ1) is 11.0. The number of ketones is 1. The molecule has 4 nitrogen and oxygen atoms in total. The molecule has 1 amide bonds. The van der Waals surface area contributed by atoms with Crippen LogP contribution in [0, 0.1) is 0 Å². The van der Waals surface area contributed by atoms with Gasteiger partial charge in [-0.1, -0.05) is 23.7 Å². The third-order valence-corrected chi connectivity index (χ3v) is 2.68. The number of halogens is 1. The van der Waals surface area contributed by atoms with E-state index < -0.39 is 6.09 Å².